The van der Waals surface area contributed by atoms with Crippen LogP contribution in [0.15, 0.2) is 0 Å². The fourth-order valence-electron chi connectivity index (χ4n) is 10.2. The molecule has 1 nitrogen and oxygen atoms in total. The van der Waals surface area contributed by atoms with Crippen LogP contribution in [0.25, 0.3) is 4.65 Å². The van der Waals surface area contributed by atoms with E-state index >= 15 is 0 Å². The Morgan fingerprint density at radius 3 is 0.705 bits per heavy atom. The van der Waals surface area contributed by atoms with Crippen LogP contribution in [0.4, 0.5) is 0 Å². The van der Waals surface area contributed by atoms with E-state index in [4.69, 9.17) is 0 Å². The van der Waals surface area contributed by atoms with Crippen molar-refractivity contribution in [2.45, 2.75) is 191 Å². The first-order chi connectivity index (χ1) is 18.5. The van der Waals surface area contributed by atoms with Crippen molar-refractivity contribution in [1.29, 1.82) is 0 Å². The summed E-state index contributed by atoms with van der Waals surface area (Å²) < 4.78 is 4.56. The average molecular weight is 857 g/mol. The van der Waals surface area contributed by atoms with Crippen LogP contribution in [0, 0.1) is 78.5 Å². The molecule has 44 heavy (non-hydrogen) atoms. The predicted molar refractivity (Wildman–Crippen MR) is 222 cm³/mol. The molecule has 0 aromatic heterocycles. The van der Waals surface area contributed by atoms with Crippen molar-refractivity contribution >= 4 is 50.2 Å². The zero-order valence-corrected chi connectivity index (χ0v) is 42.2. The Bertz CT molecular complexity index is 659. The molecule has 4 aliphatic carbocycles. The third-order valence-electron chi connectivity index (χ3n) is 11.9. The molecule has 0 spiro atoms. The van der Waals surface area contributed by atoms with E-state index in [-0.39, 0.29) is 54.8 Å². The molecule has 4 saturated carbocycles. The summed E-state index contributed by atoms with van der Waals surface area (Å²) in [4.78, 5) is 0. The normalized spacial score (nSPS) is 32.0. The van der Waals surface area contributed by atoms with E-state index in [2.05, 4.69) is 109 Å². The van der Waals surface area contributed by atoms with Crippen LogP contribution in [0.3, 0.4) is 0 Å². The van der Waals surface area contributed by atoms with Gasteiger partial charge in [0.05, 0.1) is 0 Å². The molecule has 8 heteroatoms. The molecule has 0 aliphatic heterocycles. The molecule has 0 aromatic carbocycles. The van der Waals surface area contributed by atoms with Gasteiger partial charge in [0.2, 0.25) is 0 Å². The molecular formula is C36H84GdNSi6. The molecule has 265 valence electrons. The summed E-state index contributed by atoms with van der Waals surface area (Å²) in [7, 11) is -4.81. The quantitative estimate of drug-likeness (QED) is 0.187. The maximum absolute atomic E-state index is 4.56. The molecule has 0 aromatic rings. The standard InChI is InChI=1S/2C15H32Si2.C4H14NSi2.2CH3.Gd/c2*1-16(2,3)14-11-15(17(4,5)6)13-10-8-7-9-12(13)14;1-6(2)5-7(3)4;;;/h2*12-15H,7-11H2,1-6H3;6-7H,1-4H3;2*1H3;/q;;3*-1;+3. The Morgan fingerprint density at radius 2 is 0.591 bits per heavy atom. The minimum atomic E-state index is -0.931. The van der Waals surface area contributed by atoms with Gasteiger partial charge < -0.3 is 19.5 Å². The summed E-state index contributed by atoms with van der Waals surface area (Å²) in [5.74, 6) is 4.53. The van der Waals surface area contributed by atoms with Crippen molar-refractivity contribution in [2.24, 2.45) is 23.7 Å². The smallest absolute Gasteiger partial charge is 0.672 e. The Hall–Kier alpha value is 2.59. The Kier molecular flexibility index (Phi) is 22.0. The van der Waals surface area contributed by atoms with Gasteiger partial charge in [-0.2, -0.15) is 0 Å². The minimum Gasteiger partial charge on any atom is -0.672 e. The first-order valence-corrected chi connectivity index (χ1v) is 38.2. The molecule has 4 fully saturated rings. The van der Waals surface area contributed by atoms with E-state index in [1.807, 2.05) is 0 Å². The first-order valence-electron chi connectivity index (χ1n) is 18.2. The van der Waals surface area contributed by atoms with Gasteiger partial charge in [-0.3, -0.25) is 0 Å². The van der Waals surface area contributed by atoms with Crippen molar-refractivity contribution in [3.8, 4) is 0 Å². The van der Waals surface area contributed by atoms with E-state index in [9.17, 15) is 0 Å². The summed E-state index contributed by atoms with van der Waals surface area (Å²) >= 11 is 0. The number of fused-ring (bicyclic) bond motifs is 2. The second-order valence-corrected chi connectivity index (χ2v) is 47.4. The van der Waals surface area contributed by atoms with Gasteiger partial charge in [-0.25, -0.2) is 0 Å². The summed E-state index contributed by atoms with van der Waals surface area (Å²) in [6.07, 6.45) is 15.6. The van der Waals surface area contributed by atoms with E-state index in [1.54, 1.807) is 38.5 Å². The summed E-state index contributed by atoms with van der Waals surface area (Å²) in [5, 5.41) is 0. The minimum absolute atomic E-state index is 0. The van der Waals surface area contributed by atoms with Crippen molar-refractivity contribution < 1.29 is 39.9 Å². The molecule has 0 saturated heterocycles. The molecule has 8 atom stereocenters. The molecule has 0 heterocycles. The van der Waals surface area contributed by atoms with Crippen LogP contribution in [-0.4, -0.2) is 50.2 Å². The van der Waals surface area contributed by atoms with Crippen LogP contribution >= 0.6 is 0 Å². The van der Waals surface area contributed by atoms with Crippen LogP contribution < -0.4 is 0 Å². The third-order valence-corrected chi connectivity index (χ3v) is 28.2. The molecule has 4 aliphatic rings. The first kappa shape index (κ1) is 48.7. The van der Waals surface area contributed by atoms with E-state index in [0.29, 0.717) is 0 Å². The number of hydrogen-bond donors (Lipinski definition) is 0. The monoisotopic (exact) mass is 856 g/mol. The van der Waals surface area contributed by atoms with Crippen LogP contribution in [0.2, 0.25) is 127 Å². The number of nitrogens with zero attached hydrogens (tertiary/aromatic N) is 1. The maximum Gasteiger partial charge on any atom is 3.00 e. The van der Waals surface area contributed by atoms with Crippen LogP contribution in [-0.2, 0) is 0 Å². The number of rotatable bonds is 6. The van der Waals surface area contributed by atoms with Gasteiger partial charge in [-0.05, 0) is 45.8 Å². The van der Waals surface area contributed by atoms with Gasteiger partial charge >= 0.3 is 39.9 Å². The van der Waals surface area contributed by atoms with Gasteiger partial charge in [0.25, 0.3) is 0 Å². The van der Waals surface area contributed by atoms with E-state index in [0.717, 1.165) is 45.8 Å². The second kappa shape index (κ2) is 19.8. The molecule has 8 unspecified atom stereocenters. The SMILES string of the molecule is C[SiH](C)[N-][SiH](C)C.C[Si](C)(C)C1CC([Si](C)(C)C)C2CCCCC21.C[Si](C)(C)C1CC([Si](C)(C)C)C2CCCCC21.[CH3-].[CH3-].[Gd+3]. The van der Waals surface area contributed by atoms with Crippen molar-refractivity contribution in [1.82, 2.24) is 0 Å². The maximum atomic E-state index is 4.56. The molecule has 1 radical (unpaired) electrons. The Morgan fingerprint density at radius 1 is 0.409 bits per heavy atom. The average Bonchev–Trinajstić information content (AvgIpc) is 3.38. The Labute approximate surface area is 321 Å². The van der Waals surface area contributed by atoms with Crippen molar-refractivity contribution in [2.75, 3.05) is 0 Å². The topological polar surface area (TPSA) is 14.1 Å². The molecule has 0 bridgehead atoms. The summed E-state index contributed by atoms with van der Waals surface area (Å²) in [5.41, 5.74) is 4.57. The van der Waals surface area contributed by atoms with Crippen LogP contribution in [0.1, 0.15) is 64.2 Å². The number of hydrogen-bond acceptors (Lipinski definition) is 0. The fraction of sp³-hybridized carbons (Fsp3) is 0.944. The zero-order chi connectivity index (χ0) is 31.6. The van der Waals surface area contributed by atoms with E-state index in [1.165, 1.54) is 25.7 Å². The third kappa shape index (κ3) is 14.4. The van der Waals surface area contributed by atoms with Gasteiger partial charge in [0.15, 0.2) is 0 Å². The van der Waals surface area contributed by atoms with Gasteiger partial charge in [-0.15, -0.1) is 0 Å². The second-order valence-electron chi connectivity index (χ2n) is 19.9. The molecular weight excluding hydrogens is 772 g/mol. The molecule has 0 amide bonds. The Balaban J connectivity index is 0. The summed E-state index contributed by atoms with van der Waals surface area (Å²) in [6, 6.07) is 0. The van der Waals surface area contributed by atoms with Gasteiger partial charge in [-0.1, -0.05) is 187 Å². The van der Waals surface area contributed by atoms with E-state index < -0.39 is 50.2 Å². The molecule has 4 rings (SSSR count). The van der Waals surface area contributed by atoms with Crippen LogP contribution in [0.5, 0.6) is 0 Å². The fourth-order valence-corrected chi connectivity index (χ4v) is 26.1. The van der Waals surface area contributed by atoms with Gasteiger partial charge in [0.1, 0.15) is 0 Å². The van der Waals surface area contributed by atoms with Crippen molar-refractivity contribution in [3.63, 3.8) is 0 Å². The van der Waals surface area contributed by atoms with Gasteiger partial charge in [0, 0.05) is 32.3 Å². The molecule has 0 N–H and O–H groups in total. The summed E-state index contributed by atoms with van der Waals surface area (Å²) in [6.45, 7) is 40.5. The largest absolute Gasteiger partial charge is 3.00 e. The zero-order valence-electron chi connectivity index (χ0n) is 33.6. The van der Waals surface area contributed by atoms with Crippen molar-refractivity contribution in [3.05, 3.63) is 19.5 Å². The predicted octanol–water partition coefficient (Wildman–Crippen LogP) is 13.5.